The quantitative estimate of drug-likeness (QED) is 0.240. The molecular formula is C26H32BrNO7. The van der Waals surface area contributed by atoms with Crippen LogP contribution in [0.15, 0.2) is 45.3 Å². The summed E-state index contributed by atoms with van der Waals surface area (Å²) in [7, 11) is 1.32. The van der Waals surface area contributed by atoms with Crippen molar-refractivity contribution in [2.24, 2.45) is 0 Å². The summed E-state index contributed by atoms with van der Waals surface area (Å²) in [5, 5.41) is 0. The molecule has 0 N–H and O–H groups in total. The number of unbranched alkanes of at least 4 members (excludes halogenated alkanes) is 4. The van der Waals surface area contributed by atoms with Gasteiger partial charge in [0.15, 0.2) is 12.2 Å². The molecule has 190 valence electrons. The van der Waals surface area contributed by atoms with Gasteiger partial charge in [-0.15, -0.1) is 0 Å². The fourth-order valence-corrected chi connectivity index (χ4v) is 4.65. The van der Waals surface area contributed by atoms with Crippen molar-refractivity contribution in [2.45, 2.75) is 70.6 Å². The Balaban J connectivity index is 1.84. The van der Waals surface area contributed by atoms with E-state index in [1.165, 1.54) is 26.9 Å². The molecule has 1 aliphatic heterocycles. The molecule has 3 rings (SSSR count). The maximum atomic E-state index is 13.6. The second-order valence-electron chi connectivity index (χ2n) is 8.48. The van der Waals surface area contributed by atoms with Crippen molar-refractivity contribution in [1.82, 2.24) is 4.90 Å². The zero-order valence-electron chi connectivity index (χ0n) is 20.3. The Morgan fingerprint density at radius 1 is 1.17 bits per heavy atom. The van der Waals surface area contributed by atoms with Gasteiger partial charge in [-0.25, -0.2) is 9.69 Å². The molecular weight excluding hydrogens is 518 g/mol. The summed E-state index contributed by atoms with van der Waals surface area (Å²) >= 11 is 3.51. The first-order valence-electron chi connectivity index (χ1n) is 11.9. The number of hydrogen-bond donors (Lipinski definition) is 0. The van der Waals surface area contributed by atoms with E-state index in [9.17, 15) is 14.4 Å². The monoisotopic (exact) mass is 549 g/mol. The van der Waals surface area contributed by atoms with E-state index in [0.717, 1.165) is 34.2 Å². The number of rotatable bonds is 12. The van der Waals surface area contributed by atoms with E-state index in [-0.39, 0.29) is 12.4 Å². The van der Waals surface area contributed by atoms with Gasteiger partial charge < -0.3 is 18.6 Å². The number of nitrogens with zero attached hydrogens (tertiary/aromatic N) is 1. The van der Waals surface area contributed by atoms with E-state index in [0.29, 0.717) is 12.2 Å². The molecule has 0 radical (unpaired) electrons. The summed E-state index contributed by atoms with van der Waals surface area (Å²) in [4.78, 5) is 39.1. The first-order valence-corrected chi connectivity index (χ1v) is 12.7. The van der Waals surface area contributed by atoms with Crippen LogP contribution < -0.4 is 0 Å². The standard InChI is InChI=1S/C26H32BrNO7/c1-4-5-6-7-11-14-21-19(27)15-22(35-21)23(34-17(2)29)24(32-3)25(30)28-20(16-33-26(28)31)18-12-9-8-10-13-18/h8-10,12-13,15,20,23-24H,4-7,11,14,16H2,1-3H3/t20-,23-,24+/m1/s1. The average molecular weight is 550 g/mol. The number of ether oxygens (including phenoxy) is 3. The van der Waals surface area contributed by atoms with Gasteiger partial charge >= 0.3 is 12.1 Å². The highest BCUT2D eigenvalue weighted by molar-refractivity contribution is 9.10. The van der Waals surface area contributed by atoms with Crippen molar-refractivity contribution in [3.05, 3.63) is 58.0 Å². The maximum absolute atomic E-state index is 13.6. The maximum Gasteiger partial charge on any atom is 0.417 e. The third-order valence-corrected chi connectivity index (χ3v) is 6.60. The van der Waals surface area contributed by atoms with E-state index in [2.05, 4.69) is 22.9 Å². The van der Waals surface area contributed by atoms with Crippen LogP contribution in [-0.2, 0) is 30.2 Å². The van der Waals surface area contributed by atoms with Gasteiger partial charge in [0, 0.05) is 20.5 Å². The number of aryl methyl sites for hydroxylation is 1. The van der Waals surface area contributed by atoms with Gasteiger partial charge in [0.05, 0.1) is 4.47 Å². The van der Waals surface area contributed by atoms with Gasteiger partial charge in [-0.2, -0.15) is 0 Å². The van der Waals surface area contributed by atoms with Crippen LogP contribution in [0, 0.1) is 0 Å². The van der Waals surface area contributed by atoms with Crippen LogP contribution in [-0.4, -0.2) is 42.7 Å². The number of furan rings is 1. The third kappa shape index (κ3) is 6.73. The number of hydrogen-bond acceptors (Lipinski definition) is 7. The molecule has 0 saturated carbocycles. The molecule has 8 nitrogen and oxygen atoms in total. The minimum Gasteiger partial charge on any atom is -0.461 e. The number of cyclic esters (lactones) is 1. The predicted molar refractivity (Wildman–Crippen MR) is 132 cm³/mol. The Bertz CT molecular complexity index is 1010. The lowest BCUT2D eigenvalue weighted by Crippen LogP contribution is -2.45. The Hall–Kier alpha value is -2.65. The number of methoxy groups -OCH3 is 1. The molecule has 3 atom stereocenters. The molecule has 0 aliphatic carbocycles. The highest BCUT2D eigenvalue weighted by Crippen LogP contribution is 2.35. The molecule has 2 heterocycles. The van der Waals surface area contributed by atoms with Gasteiger partial charge in [-0.1, -0.05) is 62.9 Å². The van der Waals surface area contributed by atoms with Crippen LogP contribution in [0.25, 0.3) is 0 Å². The van der Waals surface area contributed by atoms with Crippen molar-refractivity contribution in [3.8, 4) is 0 Å². The Morgan fingerprint density at radius 2 is 1.89 bits per heavy atom. The molecule has 1 aromatic carbocycles. The van der Waals surface area contributed by atoms with Crippen LogP contribution in [0.5, 0.6) is 0 Å². The van der Waals surface area contributed by atoms with Crippen LogP contribution in [0.4, 0.5) is 4.79 Å². The topological polar surface area (TPSA) is 95.3 Å². The Morgan fingerprint density at radius 3 is 2.54 bits per heavy atom. The molecule has 0 bridgehead atoms. The lowest BCUT2D eigenvalue weighted by molar-refractivity contribution is -0.164. The highest BCUT2D eigenvalue weighted by Gasteiger charge is 2.46. The second kappa shape index (κ2) is 12.9. The molecule has 35 heavy (non-hydrogen) atoms. The van der Waals surface area contributed by atoms with E-state index in [1.807, 2.05) is 30.3 Å². The molecule has 1 saturated heterocycles. The van der Waals surface area contributed by atoms with Crippen LogP contribution >= 0.6 is 15.9 Å². The first kappa shape index (κ1) is 26.9. The molecule has 2 amide bonds. The van der Waals surface area contributed by atoms with Gasteiger partial charge in [-0.3, -0.25) is 9.59 Å². The van der Waals surface area contributed by atoms with Crippen LogP contribution in [0.2, 0.25) is 0 Å². The number of amides is 2. The van der Waals surface area contributed by atoms with Gasteiger partial charge in [0.2, 0.25) is 0 Å². The number of benzene rings is 1. The first-order chi connectivity index (χ1) is 16.9. The van der Waals surface area contributed by atoms with Crippen molar-refractivity contribution in [1.29, 1.82) is 0 Å². The number of imide groups is 1. The normalized spacial score (nSPS) is 17.2. The predicted octanol–water partition coefficient (Wildman–Crippen LogP) is 5.89. The number of esters is 1. The summed E-state index contributed by atoms with van der Waals surface area (Å²) in [6.07, 6.45) is 2.99. The van der Waals surface area contributed by atoms with Gasteiger partial charge in [-0.05, 0) is 34.0 Å². The minimum absolute atomic E-state index is 0.0255. The lowest BCUT2D eigenvalue weighted by Gasteiger charge is -2.28. The van der Waals surface area contributed by atoms with E-state index >= 15 is 0 Å². The van der Waals surface area contributed by atoms with Crippen molar-refractivity contribution in [3.63, 3.8) is 0 Å². The Kier molecular flexibility index (Phi) is 9.92. The Labute approximate surface area is 214 Å². The molecule has 0 spiro atoms. The van der Waals surface area contributed by atoms with Crippen molar-refractivity contribution >= 4 is 33.9 Å². The smallest absolute Gasteiger partial charge is 0.417 e. The molecule has 1 aliphatic rings. The number of carbonyl (C=O) groups excluding carboxylic acids is 3. The molecule has 9 heteroatoms. The summed E-state index contributed by atoms with van der Waals surface area (Å²) < 4.78 is 22.9. The van der Waals surface area contributed by atoms with E-state index in [1.54, 1.807) is 6.07 Å². The number of halogens is 1. The van der Waals surface area contributed by atoms with E-state index in [4.69, 9.17) is 18.6 Å². The molecule has 1 fully saturated rings. The second-order valence-corrected chi connectivity index (χ2v) is 9.34. The summed E-state index contributed by atoms with van der Waals surface area (Å²) in [5.41, 5.74) is 0.747. The van der Waals surface area contributed by atoms with Gasteiger partial charge in [0.25, 0.3) is 5.91 Å². The molecule has 1 aromatic heterocycles. The highest BCUT2D eigenvalue weighted by atomic mass is 79.9. The fraction of sp³-hybridized carbons (Fsp3) is 0.500. The summed E-state index contributed by atoms with van der Waals surface area (Å²) in [6, 6.07) is 10.2. The van der Waals surface area contributed by atoms with Crippen molar-refractivity contribution < 1.29 is 33.0 Å². The molecule has 0 unspecified atom stereocenters. The summed E-state index contributed by atoms with van der Waals surface area (Å²) in [6.45, 7) is 3.44. The summed E-state index contributed by atoms with van der Waals surface area (Å²) in [5.74, 6) is -0.316. The fourth-order valence-electron chi connectivity index (χ4n) is 4.15. The van der Waals surface area contributed by atoms with Crippen molar-refractivity contribution in [2.75, 3.05) is 13.7 Å². The average Bonchev–Trinajstić information content (AvgIpc) is 3.41. The zero-order valence-corrected chi connectivity index (χ0v) is 21.9. The van der Waals surface area contributed by atoms with E-state index < -0.39 is 36.2 Å². The largest absolute Gasteiger partial charge is 0.461 e. The van der Waals surface area contributed by atoms with Gasteiger partial charge in [0.1, 0.15) is 24.2 Å². The zero-order chi connectivity index (χ0) is 25.4. The number of carbonyl (C=O) groups is 3. The molecule has 2 aromatic rings. The SMILES string of the molecule is CCCCCCCc1oc([C@@H](OC(C)=O)[C@H](OC)C(=O)N2C(=O)OC[C@@H]2c2ccccc2)cc1Br. The minimum atomic E-state index is -1.31. The van der Waals surface area contributed by atoms with Crippen LogP contribution in [0.3, 0.4) is 0 Å². The third-order valence-electron chi connectivity index (χ3n) is 5.92. The van der Waals surface area contributed by atoms with Crippen LogP contribution in [0.1, 0.15) is 75.2 Å². The lowest BCUT2D eigenvalue weighted by atomic mass is 10.0.